The number of imidazole rings is 2. The average molecular weight is 776 g/mol. The van der Waals surface area contributed by atoms with Gasteiger partial charge in [-0.1, -0.05) is 159 Å². The molecule has 0 bridgehead atoms. The fraction of sp³-hybridized carbons (Fsp3) is 0.104. The molecule has 4 nitrogen and oxygen atoms in total. The number of aromatic nitrogens is 3. The first kappa shape index (κ1) is 22.0. The topological polar surface area (TPSA) is 31.5 Å². The third-order valence-electron chi connectivity index (χ3n) is 10.9. The van der Waals surface area contributed by atoms with E-state index in [9.17, 15) is 10.4 Å². The molecule has 268 valence electrons. The SMILES string of the molecule is [2H]C([2H])([2H])C([2H])([2H])[Si]([2H])([2H])C1([Si]([2H])([2H])C([2H])([2H])C([2H])([2H])[2H])c2ccccc2Oc2c1cccc2[Si](c1ccccc1)(c1ccccc1)c1cccc(-n2c3ccccc3n3c4ccccc4nc23)c1. The minimum Gasteiger partial charge on any atom is -0.457 e. The highest BCUT2D eigenvalue weighted by atomic mass is 28.3. The Labute approximate surface area is 346 Å². The van der Waals surface area contributed by atoms with Crippen LogP contribution in [-0.2, 0) is 4.66 Å². The molecule has 3 heterocycles. The second kappa shape index (κ2) is 13.5. The summed E-state index contributed by atoms with van der Waals surface area (Å²) in [5, 5.41) is 2.82. The van der Waals surface area contributed by atoms with Gasteiger partial charge in [0.15, 0.2) is 8.07 Å². The number of hydrogen-bond acceptors (Lipinski definition) is 2. The zero-order valence-electron chi connectivity index (χ0n) is 43.5. The van der Waals surface area contributed by atoms with Gasteiger partial charge >= 0.3 is 0 Å². The number of nitrogens with zero attached hydrogens (tertiary/aromatic N) is 3. The van der Waals surface area contributed by atoms with E-state index >= 15 is 0 Å². The van der Waals surface area contributed by atoms with Crippen molar-refractivity contribution in [3.05, 3.63) is 187 Å². The maximum Gasteiger partial charge on any atom is 0.220 e. The fourth-order valence-corrected chi connectivity index (χ4v) is 15.9. The summed E-state index contributed by atoms with van der Waals surface area (Å²) >= 11 is 0. The fourth-order valence-electron chi connectivity index (χ4n) is 8.67. The number of ether oxygens (including phenoxy) is 1. The van der Waals surface area contributed by atoms with E-state index in [0.29, 0.717) is 11.0 Å². The molecule has 0 aliphatic carbocycles. The van der Waals surface area contributed by atoms with Gasteiger partial charge in [0.1, 0.15) is 11.5 Å². The van der Waals surface area contributed by atoms with E-state index in [0.717, 1.165) is 43.3 Å². The highest BCUT2D eigenvalue weighted by Crippen LogP contribution is 2.47. The van der Waals surface area contributed by atoms with Crippen molar-refractivity contribution in [2.45, 2.75) is 30.4 Å². The van der Waals surface area contributed by atoms with Crippen LogP contribution in [0.25, 0.3) is 33.5 Å². The summed E-state index contributed by atoms with van der Waals surface area (Å²) in [5.74, 6) is -7.17. The lowest BCUT2D eigenvalue weighted by atomic mass is 9.98. The Morgan fingerprint density at radius 3 is 1.98 bits per heavy atom. The van der Waals surface area contributed by atoms with Crippen LogP contribution in [0.1, 0.15) is 38.5 Å². The van der Waals surface area contributed by atoms with E-state index in [1.54, 1.807) is 18.2 Å². The van der Waals surface area contributed by atoms with E-state index in [1.165, 1.54) is 24.3 Å². The van der Waals surface area contributed by atoms with Gasteiger partial charge in [0.25, 0.3) is 0 Å². The molecule has 9 aromatic rings. The van der Waals surface area contributed by atoms with Crippen molar-refractivity contribution in [1.82, 2.24) is 14.0 Å². The van der Waals surface area contributed by atoms with Crippen LogP contribution in [-0.4, -0.2) is 45.7 Å². The lowest BCUT2D eigenvalue weighted by Crippen LogP contribution is -2.75. The van der Waals surface area contributed by atoms with E-state index in [2.05, 4.69) is 15.0 Å². The molecule has 0 unspecified atom stereocenters. The van der Waals surface area contributed by atoms with Gasteiger partial charge in [0, 0.05) is 47.8 Å². The van der Waals surface area contributed by atoms with Gasteiger partial charge in [0.05, 0.1) is 22.1 Å². The monoisotopic (exact) mass is 775 g/mol. The molecule has 55 heavy (non-hydrogen) atoms. The third-order valence-corrected chi connectivity index (χ3v) is 18.5. The van der Waals surface area contributed by atoms with Crippen molar-refractivity contribution in [2.75, 3.05) is 0 Å². The summed E-state index contributed by atoms with van der Waals surface area (Å²) in [6.45, 7) is -7.39. The summed E-state index contributed by atoms with van der Waals surface area (Å²) in [7, 11) is -16.3. The Hall–Kier alpha value is -5.74. The summed E-state index contributed by atoms with van der Waals surface area (Å²) < 4.78 is 136. The van der Waals surface area contributed by atoms with Gasteiger partial charge in [0.2, 0.25) is 5.78 Å². The van der Waals surface area contributed by atoms with Gasteiger partial charge in [-0.15, -0.1) is 0 Å². The van der Waals surface area contributed by atoms with Crippen LogP contribution in [0, 0.1) is 0 Å². The molecule has 1 aliphatic heterocycles. The highest BCUT2D eigenvalue weighted by Gasteiger charge is 2.48. The van der Waals surface area contributed by atoms with Crippen LogP contribution in [0.2, 0.25) is 12.0 Å². The molecule has 0 saturated carbocycles. The average Bonchev–Trinajstić information content (AvgIpc) is 3.85. The summed E-state index contributed by atoms with van der Waals surface area (Å²) in [6, 6.07) is 53.5. The van der Waals surface area contributed by atoms with Gasteiger partial charge in [-0.25, -0.2) is 4.98 Å². The Morgan fingerprint density at radius 2 is 1.24 bits per heavy atom. The standard InChI is InChI=1S/C48H43N3OSi3/c1-3-53-48(54-4-2)38-25-11-16-31-44(38)52-46-39(48)26-18-32-45(46)55(35-20-7-5-8-21-35,36-22-9-6-10-23-36)37-24-17-19-34(33-37)50-42-29-14-15-30-43(42)51-41-28-13-12-27-40(41)49-47(50)51/h5-33H,3-4,53-54H2,1-2H3/i1D3,2D3,3D2,4D2,53D2,54D2. The molecule has 1 aliphatic rings. The molecule has 0 spiro atoms. The molecule has 0 fully saturated rings. The Bertz CT molecular complexity index is 3370. The smallest absolute Gasteiger partial charge is 0.220 e. The zero-order chi connectivity index (χ0) is 49.2. The molecule has 0 atom stereocenters. The number of benzene rings is 7. The minimum atomic E-state index is -6.18. The molecule has 7 aromatic carbocycles. The van der Waals surface area contributed by atoms with E-state index in [-0.39, 0.29) is 22.6 Å². The molecule has 0 amide bonds. The summed E-state index contributed by atoms with van der Waals surface area (Å²) in [4.78, 5) is 5.12. The number of fused-ring (bicyclic) bond motifs is 7. The Balaban J connectivity index is 1.37. The van der Waals surface area contributed by atoms with Gasteiger partial charge in [-0.2, -0.15) is 0 Å². The van der Waals surface area contributed by atoms with Gasteiger partial charge < -0.3 is 4.74 Å². The molecular formula is C48H43N3OSi3. The van der Waals surface area contributed by atoms with Crippen molar-refractivity contribution < 1.29 is 18.4 Å². The van der Waals surface area contributed by atoms with Crippen LogP contribution in [0.5, 0.6) is 11.5 Å². The Morgan fingerprint density at radius 1 is 0.636 bits per heavy atom. The van der Waals surface area contributed by atoms with Crippen molar-refractivity contribution in [2.24, 2.45) is 0 Å². The third kappa shape index (κ3) is 5.03. The van der Waals surface area contributed by atoms with Crippen molar-refractivity contribution in [3.8, 4) is 17.2 Å². The molecule has 0 N–H and O–H groups in total. The molecule has 0 radical (unpaired) electrons. The van der Waals surface area contributed by atoms with E-state index in [4.69, 9.17) is 17.9 Å². The second-order valence-electron chi connectivity index (χ2n) is 13.6. The van der Waals surface area contributed by atoms with Crippen molar-refractivity contribution in [3.63, 3.8) is 0 Å². The minimum absolute atomic E-state index is 0.121. The van der Waals surface area contributed by atoms with Gasteiger partial charge in [-0.05, 0) is 74.3 Å². The first-order valence-electron chi connectivity index (χ1n) is 25.1. The number of hydrogen-bond donors (Lipinski definition) is 0. The molecule has 10 rings (SSSR count). The van der Waals surface area contributed by atoms with E-state index < -0.39 is 57.2 Å². The van der Waals surface area contributed by atoms with E-state index in [1.807, 2.05) is 127 Å². The number of rotatable bonds is 9. The van der Waals surface area contributed by atoms with Crippen LogP contribution in [0.4, 0.5) is 0 Å². The van der Waals surface area contributed by atoms with Crippen LogP contribution < -0.4 is 25.5 Å². The first-order valence-corrected chi connectivity index (χ1v) is 22.1. The van der Waals surface area contributed by atoms with Crippen LogP contribution in [0.15, 0.2) is 176 Å². The number of para-hydroxylation sites is 6. The lowest BCUT2D eigenvalue weighted by molar-refractivity contribution is 0.455. The maximum absolute atomic E-state index is 10.1. The lowest BCUT2D eigenvalue weighted by Gasteiger charge is -2.43. The highest BCUT2D eigenvalue weighted by molar-refractivity contribution is 7.20. The molecule has 0 saturated heterocycles. The van der Waals surface area contributed by atoms with Crippen LogP contribution >= 0.6 is 0 Å². The van der Waals surface area contributed by atoms with Gasteiger partial charge in [-0.3, -0.25) is 8.97 Å². The second-order valence-corrected chi connectivity index (χ2v) is 20.4. The maximum atomic E-state index is 10.1. The first-order chi connectivity index (χ1) is 32.6. The Kier molecular flexibility index (Phi) is 5.40. The molecule has 2 aromatic heterocycles. The summed E-state index contributed by atoms with van der Waals surface area (Å²) in [6.07, 6.45) is 0. The van der Waals surface area contributed by atoms with Crippen LogP contribution in [0.3, 0.4) is 0 Å². The quantitative estimate of drug-likeness (QED) is 0.114. The largest absolute Gasteiger partial charge is 0.457 e. The van der Waals surface area contributed by atoms with Crippen molar-refractivity contribution >= 4 is 75.4 Å². The normalized spacial score (nSPS) is 18.8. The zero-order valence-corrected chi connectivity index (χ0v) is 32.5. The predicted molar refractivity (Wildman–Crippen MR) is 238 cm³/mol. The molecular weight excluding hydrogens is 719 g/mol. The predicted octanol–water partition coefficient (Wildman–Crippen LogP) is 7.33. The molecule has 7 heteroatoms. The summed E-state index contributed by atoms with van der Waals surface area (Å²) in [5.41, 5.74) is 3.59. The van der Waals surface area contributed by atoms with Crippen molar-refractivity contribution in [1.29, 1.82) is 4.94 Å².